The summed E-state index contributed by atoms with van der Waals surface area (Å²) in [5.74, 6) is -0.310. The van der Waals surface area contributed by atoms with Crippen molar-refractivity contribution < 1.29 is 4.79 Å². The summed E-state index contributed by atoms with van der Waals surface area (Å²) in [7, 11) is 0. The van der Waals surface area contributed by atoms with E-state index >= 15 is 4.79 Å². The molecule has 0 aliphatic heterocycles. The first kappa shape index (κ1) is 22.7. The Bertz CT molecular complexity index is 6470. The second-order valence-corrected chi connectivity index (χ2v) is 24.5. The Labute approximate surface area is 349 Å². The number of carbonyl (C=O) groups excluding carboxylic acids is 1. The van der Waals surface area contributed by atoms with Gasteiger partial charge in [0.05, 0.1) is 5.92 Å². The average molecular weight is 797 g/mol. The minimum atomic E-state index is -0.489. The number of rotatable bonds is 1. The van der Waals surface area contributed by atoms with Gasteiger partial charge in [-0.2, -0.15) is 0 Å². The predicted octanol–water partition coefficient (Wildman–Crippen LogP) is 16.7. The van der Waals surface area contributed by atoms with Crippen LogP contribution < -0.4 is 0 Å². The van der Waals surface area contributed by atoms with Crippen LogP contribution in [0, 0.1) is 5.92 Å². The lowest BCUT2D eigenvalue weighted by atomic mass is 9.68. The van der Waals surface area contributed by atoms with Crippen molar-refractivity contribution in [3.8, 4) is 0 Å². The Kier molecular flexibility index (Phi) is 1.71. The summed E-state index contributed by atoms with van der Waals surface area (Å²) in [5.41, 5.74) is 5.19. The van der Waals surface area contributed by atoms with E-state index in [-0.39, 0.29) is 11.2 Å². The number of carbonyl (C=O) groups is 1. The van der Waals surface area contributed by atoms with Crippen molar-refractivity contribution in [3.05, 3.63) is 22.3 Å². The van der Waals surface area contributed by atoms with Crippen molar-refractivity contribution in [1.29, 1.82) is 0 Å². The number of benzene rings is 18. The van der Waals surface area contributed by atoms with Gasteiger partial charge >= 0.3 is 0 Å². The van der Waals surface area contributed by atoms with Gasteiger partial charge in [-0.05, 0) is 325 Å². The zero-order valence-electron chi connectivity index (χ0n) is 31.9. The van der Waals surface area contributed by atoms with Crippen LogP contribution in [0.5, 0.6) is 0 Å². The molecule has 5 aliphatic rings. The smallest absolute Gasteiger partial charge is 0.227 e. The molecule has 1 nitrogen and oxygen atoms in total. The van der Waals surface area contributed by atoms with Crippen LogP contribution in [0.2, 0.25) is 0 Å². The van der Waals surface area contributed by atoms with Crippen molar-refractivity contribution >= 4 is 308 Å². The number of hydrogen-bond donors (Lipinski definition) is 0. The Balaban J connectivity index is 1.29. The van der Waals surface area contributed by atoms with E-state index in [4.69, 9.17) is 11.6 Å². The standard InChI is InChI=1S/C62HClO/c63-60(64)59-61-55-47-39-29-19-11-3-1-2-5-9-7(3)15-23-17(9)27-21-13(5)14-6(2)10-8-4(1)12(11)20-26-16(8)24-18(10)28-22(14)32-31(21)41-35(27)45-37(23)43(33(39)25(15)19)51(55)53(45)57-49(41)50-42(32)36(28)46-38(24)44-34(26)40(30(20)29)48(47)56(61)52(44)54(46)58(50)62(57,59)61/h59H. The average Bonchev–Trinajstić information content (AvgIpc) is 4.14. The van der Waals surface area contributed by atoms with Crippen molar-refractivity contribution in [2.75, 3.05) is 0 Å². The molecule has 28 aromatic rings. The molecular weight excluding hydrogens is 796 g/mol. The summed E-state index contributed by atoms with van der Waals surface area (Å²) >= 11 is 7.48. The highest BCUT2D eigenvalue weighted by atomic mass is 35.5. The predicted molar refractivity (Wildman–Crippen MR) is 268 cm³/mol. The molecule has 0 heterocycles. The summed E-state index contributed by atoms with van der Waals surface area (Å²) in [6.45, 7) is 0. The highest BCUT2D eigenvalue weighted by Crippen LogP contribution is 2.92. The zero-order valence-corrected chi connectivity index (χ0v) is 32.6. The molecule has 0 N–H and O–H groups in total. The maximum absolute atomic E-state index is 15.3. The molecule has 0 atom stereocenters. The quantitative estimate of drug-likeness (QED) is 0.119. The minimum absolute atomic E-state index is 0.102. The highest BCUT2D eigenvalue weighted by Gasteiger charge is 2.88. The summed E-state index contributed by atoms with van der Waals surface area (Å²) in [4.78, 5) is 15.3. The third-order valence-electron chi connectivity index (χ3n) is 24.5. The van der Waals surface area contributed by atoms with E-state index in [0.29, 0.717) is 0 Å². The van der Waals surface area contributed by atoms with Crippen LogP contribution >= 0.6 is 11.6 Å². The Morgan fingerprint density at radius 2 is 0.297 bits per heavy atom. The Morgan fingerprint density at radius 3 is 0.391 bits per heavy atom. The molecule has 64 heavy (non-hydrogen) atoms. The fraction of sp³-hybridized carbons (Fsp3) is 0.0484. The van der Waals surface area contributed by atoms with Crippen LogP contribution in [-0.4, -0.2) is 5.24 Å². The fourth-order valence-corrected chi connectivity index (χ4v) is 25.1. The molecule has 5 aliphatic carbocycles. The minimum Gasteiger partial charge on any atom is -0.281 e. The topological polar surface area (TPSA) is 17.1 Å². The van der Waals surface area contributed by atoms with Crippen LogP contribution in [0.15, 0.2) is 0 Å². The first-order valence-electron chi connectivity index (χ1n) is 23.8. The van der Waals surface area contributed by atoms with Crippen LogP contribution in [0.25, 0.3) is 291 Å². The van der Waals surface area contributed by atoms with E-state index in [2.05, 4.69) is 0 Å². The zero-order chi connectivity index (χ0) is 37.6. The second kappa shape index (κ2) is 4.83. The van der Waals surface area contributed by atoms with Crippen LogP contribution in [0.1, 0.15) is 22.3 Å². The summed E-state index contributed by atoms with van der Waals surface area (Å²) < 4.78 is 0. The molecule has 33 rings (SSSR count). The van der Waals surface area contributed by atoms with Gasteiger partial charge in [0.25, 0.3) is 0 Å². The van der Waals surface area contributed by atoms with E-state index in [1.165, 1.54) is 0 Å². The van der Waals surface area contributed by atoms with Gasteiger partial charge in [0, 0.05) is 10.8 Å². The number of halogens is 1. The molecule has 262 valence electrons. The van der Waals surface area contributed by atoms with Gasteiger partial charge in [-0.3, -0.25) is 4.79 Å². The van der Waals surface area contributed by atoms with Crippen LogP contribution in [0.3, 0.4) is 0 Å². The molecule has 0 aromatic heterocycles. The summed E-state index contributed by atoms with van der Waals surface area (Å²) in [6, 6.07) is 0. The fourth-order valence-electron chi connectivity index (χ4n) is 24.8. The van der Waals surface area contributed by atoms with Crippen LogP contribution in [-0.2, 0) is 15.6 Å². The van der Waals surface area contributed by atoms with E-state index in [0.717, 1.165) is 0 Å². The normalized spacial score (nSPS) is 24.4. The summed E-state index contributed by atoms with van der Waals surface area (Å²) in [5, 5.41) is 85.7. The van der Waals surface area contributed by atoms with E-state index in [1.807, 2.05) is 0 Å². The van der Waals surface area contributed by atoms with Gasteiger partial charge in [-0.25, -0.2) is 0 Å². The van der Waals surface area contributed by atoms with Crippen molar-refractivity contribution in [2.45, 2.75) is 10.8 Å². The third-order valence-corrected chi connectivity index (χ3v) is 24.7. The molecule has 0 saturated heterocycles. The molecule has 28 aromatic carbocycles. The molecule has 0 unspecified atom stereocenters. The van der Waals surface area contributed by atoms with Crippen molar-refractivity contribution in [2.24, 2.45) is 5.92 Å². The molecule has 2 spiro atoms. The highest BCUT2D eigenvalue weighted by molar-refractivity contribution is 6.82. The van der Waals surface area contributed by atoms with Gasteiger partial charge in [0.15, 0.2) is 0 Å². The van der Waals surface area contributed by atoms with E-state index in [9.17, 15) is 0 Å². The molecule has 1 saturated carbocycles. The van der Waals surface area contributed by atoms with Crippen molar-refractivity contribution in [1.82, 2.24) is 0 Å². The first-order valence-corrected chi connectivity index (χ1v) is 24.1. The monoisotopic (exact) mass is 796 g/mol. The molecule has 0 bridgehead atoms. The lowest BCUT2D eigenvalue weighted by molar-refractivity contribution is -0.113. The SMILES string of the molecule is O=C(Cl)C1C23c4c5c6c7c8c9c(c%10c%11c2c2c4c4c%12c5c5c6c6c8c8c%13c9c9c%10c%10c%11c%11c2c2c4c4c%12c%12c5c5c6c8c6c8c%13c9c9c%10c%10c%11c2c2c4c4c%12c5c6c5c8c9c%10c2c45)C713. The van der Waals surface area contributed by atoms with Gasteiger partial charge in [-0.15, -0.1) is 0 Å². The van der Waals surface area contributed by atoms with Gasteiger partial charge in [0.2, 0.25) is 5.24 Å². The molecule has 2 heteroatoms. The largest absolute Gasteiger partial charge is 0.281 e. The first-order chi connectivity index (χ1) is 31.8. The van der Waals surface area contributed by atoms with Gasteiger partial charge in [-0.1, -0.05) is 0 Å². The molecular formula is C62HClO. The Morgan fingerprint density at radius 1 is 0.203 bits per heavy atom. The molecule has 1 fully saturated rings. The molecule has 0 radical (unpaired) electrons. The molecule has 0 amide bonds. The van der Waals surface area contributed by atoms with Gasteiger partial charge in [0.1, 0.15) is 0 Å². The Hall–Kier alpha value is -7.58. The maximum Gasteiger partial charge on any atom is 0.227 e. The lowest BCUT2D eigenvalue weighted by Crippen LogP contribution is -2.27. The number of hydrogen-bond acceptors (Lipinski definition) is 1. The van der Waals surface area contributed by atoms with Gasteiger partial charge < -0.3 is 0 Å². The second-order valence-electron chi connectivity index (χ2n) is 24.1. The van der Waals surface area contributed by atoms with Crippen molar-refractivity contribution in [3.63, 3.8) is 0 Å². The summed E-state index contributed by atoms with van der Waals surface area (Å²) in [6.07, 6.45) is 0. The third kappa shape index (κ3) is 1.08. The lowest BCUT2D eigenvalue weighted by Gasteiger charge is -2.32. The van der Waals surface area contributed by atoms with E-state index in [1.54, 1.807) is 313 Å². The van der Waals surface area contributed by atoms with E-state index < -0.39 is 10.8 Å². The maximum atomic E-state index is 15.3. The van der Waals surface area contributed by atoms with Crippen LogP contribution in [0.4, 0.5) is 0 Å².